The molecular weight excluding hydrogens is 206 g/mol. The normalized spacial score (nSPS) is 24.7. The Morgan fingerprint density at radius 3 is 2.43 bits per heavy atom. The van der Waals surface area contributed by atoms with Crippen molar-refractivity contribution >= 4 is 9.84 Å². The van der Waals surface area contributed by atoms with Gasteiger partial charge < -0.3 is 9.84 Å². The molecule has 0 aromatic carbocycles. The molecule has 0 radical (unpaired) electrons. The maximum Gasteiger partial charge on any atom is 0.152 e. The predicted octanol–water partition coefficient (Wildman–Crippen LogP) is -1.28. The first-order valence-corrected chi connectivity index (χ1v) is 6.45. The lowest BCUT2D eigenvalue weighted by molar-refractivity contribution is 0.0572. The first-order chi connectivity index (χ1) is 6.59. The van der Waals surface area contributed by atoms with Gasteiger partial charge in [-0.15, -0.1) is 0 Å². The van der Waals surface area contributed by atoms with Gasteiger partial charge in [0.25, 0.3) is 0 Å². The van der Waals surface area contributed by atoms with Crippen LogP contribution >= 0.6 is 0 Å². The molecule has 1 aliphatic heterocycles. The third kappa shape index (κ3) is 3.20. The van der Waals surface area contributed by atoms with Crippen LogP contribution in [0.1, 0.15) is 0 Å². The van der Waals surface area contributed by atoms with E-state index in [1.54, 1.807) is 7.11 Å². The summed E-state index contributed by atoms with van der Waals surface area (Å²) >= 11 is 0. The van der Waals surface area contributed by atoms with Gasteiger partial charge in [-0.3, -0.25) is 4.90 Å². The van der Waals surface area contributed by atoms with E-state index >= 15 is 0 Å². The highest BCUT2D eigenvalue weighted by Gasteiger charge is 2.26. The molecule has 84 valence electrons. The Morgan fingerprint density at radius 1 is 1.43 bits per heavy atom. The second kappa shape index (κ2) is 5.06. The fraction of sp³-hybridized carbons (Fsp3) is 1.00. The van der Waals surface area contributed by atoms with E-state index in [1.165, 1.54) is 0 Å². The second-order valence-electron chi connectivity index (χ2n) is 3.48. The lowest BCUT2D eigenvalue weighted by Crippen LogP contribution is -2.49. The third-order valence-corrected chi connectivity index (χ3v) is 4.07. The Labute approximate surface area is 84.6 Å². The zero-order chi connectivity index (χ0) is 10.6. The number of methoxy groups -OCH3 is 1. The van der Waals surface area contributed by atoms with Gasteiger partial charge in [-0.2, -0.15) is 0 Å². The standard InChI is InChI=1S/C8H17NO4S/c1-13-7-8(6-10)9-2-4-14(11,12)5-3-9/h8,10H,2-7H2,1H3. The summed E-state index contributed by atoms with van der Waals surface area (Å²) in [6.45, 7) is 1.44. The molecule has 1 fully saturated rings. The van der Waals surface area contributed by atoms with Crippen LogP contribution in [0.15, 0.2) is 0 Å². The average molecular weight is 223 g/mol. The summed E-state index contributed by atoms with van der Waals surface area (Å²) in [7, 11) is -1.26. The SMILES string of the molecule is COCC(CO)N1CCS(=O)(=O)CC1. The van der Waals surface area contributed by atoms with Crippen LogP contribution in [0.2, 0.25) is 0 Å². The van der Waals surface area contributed by atoms with Crippen LogP contribution < -0.4 is 0 Å². The minimum absolute atomic E-state index is 0.00783. The summed E-state index contributed by atoms with van der Waals surface area (Å²) in [5.41, 5.74) is 0. The van der Waals surface area contributed by atoms with Crippen molar-refractivity contribution in [2.24, 2.45) is 0 Å². The van der Waals surface area contributed by atoms with E-state index in [4.69, 9.17) is 9.84 Å². The highest BCUT2D eigenvalue weighted by Crippen LogP contribution is 2.08. The molecular formula is C8H17NO4S. The minimum atomic E-state index is -2.84. The van der Waals surface area contributed by atoms with Crippen molar-refractivity contribution in [2.75, 3.05) is 44.9 Å². The molecule has 0 bridgehead atoms. The zero-order valence-electron chi connectivity index (χ0n) is 8.35. The molecule has 0 saturated carbocycles. The molecule has 1 rings (SSSR count). The van der Waals surface area contributed by atoms with Crippen LogP contribution in [0.5, 0.6) is 0 Å². The van der Waals surface area contributed by atoms with Crippen molar-refractivity contribution in [3.8, 4) is 0 Å². The Bertz CT molecular complexity index is 251. The smallest absolute Gasteiger partial charge is 0.152 e. The Hall–Kier alpha value is -0.170. The van der Waals surface area contributed by atoms with Gasteiger partial charge in [0.1, 0.15) is 0 Å². The third-order valence-electron chi connectivity index (χ3n) is 2.47. The molecule has 5 nitrogen and oxygen atoms in total. The molecule has 1 atom stereocenters. The molecule has 0 spiro atoms. The van der Waals surface area contributed by atoms with Crippen molar-refractivity contribution in [2.45, 2.75) is 6.04 Å². The summed E-state index contributed by atoms with van der Waals surface area (Å²) in [5.74, 6) is 0.375. The number of nitrogens with zero attached hydrogens (tertiary/aromatic N) is 1. The summed E-state index contributed by atoms with van der Waals surface area (Å²) in [6, 6.07) is -0.0736. The van der Waals surface area contributed by atoms with Gasteiger partial charge in [0.2, 0.25) is 0 Å². The van der Waals surface area contributed by atoms with Gasteiger partial charge >= 0.3 is 0 Å². The van der Waals surface area contributed by atoms with E-state index in [9.17, 15) is 8.42 Å². The first kappa shape index (κ1) is 11.9. The second-order valence-corrected chi connectivity index (χ2v) is 5.78. The van der Waals surface area contributed by atoms with Crippen molar-refractivity contribution in [1.29, 1.82) is 0 Å². The molecule has 0 aromatic heterocycles. The molecule has 0 aliphatic carbocycles. The largest absolute Gasteiger partial charge is 0.395 e. The summed E-state index contributed by atoms with van der Waals surface area (Å²) < 4.78 is 27.2. The lowest BCUT2D eigenvalue weighted by atomic mass is 10.3. The minimum Gasteiger partial charge on any atom is -0.395 e. The van der Waals surface area contributed by atoms with Gasteiger partial charge in [0.05, 0.1) is 30.8 Å². The summed E-state index contributed by atoms with van der Waals surface area (Å²) in [6.07, 6.45) is 0. The van der Waals surface area contributed by atoms with Crippen LogP contribution in [-0.4, -0.2) is 69.4 Å². The molecule has 1 heterocycles. The number of hydrogen-bond donors (Lipinski definition) is 1. The Kier molecular flexibility index (Phi) is 4.31. The molecule has 14 heavy (non-hydrogen) atoms. The van der Waals surface area contributed by atoms with E-state index in [1.807, 2.05) is 4.90 Å². The van der Waals surface area contributed by atoms with Crippen LogP contribution in [0.3, 0.4) is 0 Å². The van der Waals surface area contributed by atoms with Crippen molar-refractivity contribution in [3.63, 3.8) is 0 Å². The lowest BCUT2D eigenvalue weighted by Gasteiger charge is -2.32. The fourth-order valence-electron chi connectivity index (χ4n) is 1.56. The monoisotopic (exact) mass is 223 g/mol. The van der Waals surface area contributed by atoms with Crippen LogP contribution in [0.25, 0.3) is 0 Å². The van der Waals surface area contributed by atoms with Gasteiger partial charge in [0, 0.05) is 20.2 Å². The maximum absolute atomic E-state index is 11.1. The summed E-state index contributed by atoms with van der Waals surface area (Å²) in [5, 5.41) is 9.07. The first-order valence-electron chi connectivity index (χ1n) is 4.63. The van der Waals surface area contributed by atoms with Crippen LogP contribution in [0, 0.1) is 0 Å². The van der Waals surface area contributed by atoms with Crippen molar-refractivity contribution in [3.05, 3.63) is 0 Å². The average Bonchev–Trinajstić information content (AvgIpc) is 2.15. The highest BCUT2D eigenvalue weighted by molar-refractivity contribution is 7.91. The van der Waals surface area contributed by atoms with Gasteiger partial charge in [-0.1, -0.05) is 0 Å². The molecule has 1 aliphatic rings. The fourth-order valence-corrected chi connectivity index (χ4v) is 2.79. The van der Waals surface area contributed by atoms with Crippen LogP contribution in [0.4, 0.5) is 0 Å². The number of aliphatic hydroxyl groups is 1. The number of hydrogen-bond acceptors (Lipinski definition) is 5. The molecule has 1 N–H and O–H groups in total. The van der Waals surface area contributed by atoms with Crippen LogP contribution in [-0.2, 0) is 14.6 Å². The molecule has 1 saturated heterocycles. The zero-order valence-corrected chi connectivity index (χ0v) is 9.16. The molecule has 0 aromatic rings. The van der Waals surface area contributed by atoms with Crippen molar-refractivity contribution in [1.82, 2.24) is 4.90 Å². The topological polar surface area (TPSA) is 66.8 Å². The van der Waals surface area contributed by atoms with Gasteiger partial charge in [-0.25, -0.2) is 8.42 Å². The number of sulfone groups is 1. The van der Waals surface area contributed by atoms with E-state index in [2.05, 4.69) is 0 Å². The van der Waals surface area contributed by atoms with E-state index in [0.717, 1.165) is 0 Å². The maximum atomic E-state index is 11.1. The van der Waals surface area contributed by atoms with E-state index in [-0.39, 0.29) is 24.2 Å². The molecule has 1 unspecified atom stereocenters. The number of aliphatic hydroxyl groups excluding tert-OH is 1. The van der Waals surface area contributed by atoms with E-state index < -0.39 is 9.84 Å². The quantitative estimate of drug-likeness (QED) is 0.643. The summed E-state index contributed by atoms with van der Waals surface area (Å²) in [4.78, 5) is 1.96. The number of ether oxygens (including phenoxy) is 1. The highest BCUT2D eigenvalue weighted by atomic mass is 32.2. The van der Waals surface area contributed by atoms with Crippen molar-refractivity contribution < 1.29 is 18.3 Å². The Morgan fingerprint density at radius 2 is 2.00 bits per heavy atom. The van der Waals surface area contributed by atoms with Gasteiger partial charge in [-0.05, 0) is 0 Å². The molecule has 6 heteroatoms. The Balaban J connectivity index is 2.47. The number of rotatable bonds is 4. The predicted molar refractivity (Wildman–Crippen MR) is 53.0 cm³/mol. The van der Waals surface area contributed by atoms with Gasteiger partial charge in [0.15, 0.2) is 9.84 Å². The van der Waals surface area contributed by atoms with E-state index in [0.29, 0.717) is 19.7 Å². The molecule has 0 amide bonds.